The minimum atomic E-state index is -4.77. The maximum Gasteiger partial charge on any atom is 0.472 e. The van der Waals surface area contributed by atoms with Gasteiger partial charge in [-0.15, -0.1) is 0 Å². The molecule has 0 heterocycles. The highest BCUT2D eigenvalue weighted by molar-refractivity contribution is 7.47. The minimum Gasteiger partial charge on any atom is -0.480 e. The molecule has 0 bridgehead atoms. The molecular weight excluding hydrogens is 842 g/mol. The van der Waals surface area contributed by atoms with E-state index in [9.17, 15) is 34.1 Å². The number of ether oxygens (including phenoxy) is 1. The number of aliphatic hydroxyl groups is 1. The Labute approximate surface area is 396 Å². The van der Waals surface area contributed by atoms with Crippen molar-refractivity contribution in [3.05, 3.63) is 60.8 Å². The van der Waals surface area contributed by atoms with E-state index >= 15 is 0 Å². The normalized spacial score (nSPS) is 14.0. The first-order valence-electron chi connectivity index (χ1n) is 25.8. The molecule has 0 fully saturated rings. The van der Waals surface area contributed by atoms with Crippen LogP contribution in [0.25, 0.3) is 0 Å². The maximum atomic E-state index is 12.3. The zero-order chi connectivity index (χ0) is 47.7. The number of carbonyl (C=O) groups excluding carboxylic acids is 2. The average molecular weight is 936 g/mol. The summed E-state index contributed by atoms with van der Waals surface area (Å²) in [5, 5.41) is 21.9. The van der Waals surface area contributed by atoms with E-state index in [-0.39, 0.29) is 12.8 Å². The molecule has 12 heteroatoms. The predicted molar refractivity (Wildman–Crippen MR) is 268 cm³/mol. The molecule has 0 aliphatic rings. The number of hydrogen-bond donors (Lipinski definition) is 4. The largest absolute Gasteiger partial charge is 0.480 e. The van der Waals surface area contributed by atoms with Gasteiger partial charge in [-0.3, -0.25) is 18.6 Å². The second kappa shape index (κ2) is 47.7. The van der Waals surface area contributed by atoms with Crippen LogP contribution < -0.4 is 5.32 Å². The lowest BCUT2D eigenvalue weighted by Gasteiger charge is -2.18. The molecule has 0 saturated carbocycles. The van der Waals surface area contributed by atoms with Gasteiger partial charge in [0, 0.05) is 12.8 Å². The minimum absolute atomic E-state index is 0.104. The van der Waals surface area contributed by atoms with Gasteiger partial charge < -0.3 is 25.2 Å². The number of esters is 1. The van der Waals surface area contributed by atoms with Crippen molar-refractivity contribution in [3.63, 3.8) is 0 Å². The number of hydrogen-bond acceptors (Lipinski definition) is 8. The van der Waals surface area contributed by atoms with Gasteiger partial charge in [0.25, 0.3) is 0 Å². The lowest BCUT2D eigenvalue weighted by Crippen LogP contribution is -2.43. The van der Waals surface area contributed by atoms with Gasteiger partial charge in [-0.2, -0.15) is 0 Å². The number of carboxylic acid groups (broad SMARTS) is 1. The molecule has 4 N–H and O–H groups in total. The summed E-state index contributed by atoms with van der Waals surface area (Å²) in [6.45, 7) is 2.49. The molecule has 1 amide bonds. The van der Waals surface area contributed by atoms with Gasteiger partial charge in [-0.25, -0.2) is 9.36 Å². The Morgan fingerprint density at radius 2 is 0.892 bits per heavy atom. The van der Waals surface area contributed by atoms with E-state index in [0.29, 0.717) is 12.8 Å². The number of nitrogens with one attached hydrogen (secondary N) is 1. The van der Waals surface area contributed by atoms with E-state index in [2.05, 4.69) is 79.9 Å². The Morgan fingerprint density at radius 1 is 0.508 bits per heavy atom. The highest BCUT2D eigenvalue weighted by Crippen LogP contribution is 2.43. The molecule has 0 aliphatic carbocycles. The fraction of sp³-hybridized carbons (Fsp3) is 0.755. The van der Waals surface area contributed by atoms with Crippen molar-refractivity contribution in [2.45, 2.75) is 238 Å². The van der Waals surface area contributed by atoms with Gasteiger partial charge in [0.15, 0.2) is 6.04 Å². The van der Waals surface area contributed by atoms with E-state index < -0.39 is 57.6 Å². The SMILES string of the molecule is CC/C=C\C/C=C\C/C=C\C/C=C\C/C=C\CCCCCC(=O)NC(COP(=O)(O)OCC(O)COC(=O)CCCCCCCCCCCCCCCCCCCCCCCC)C(=O)O. The molecule has 11 nitrogen and oxygen atoms in total. The van der Waals surface area contributed by atoms with E-state index in [1.54, 1.807) is 0 Å². The summed E-state index contributed by atoms with van der Waals surface area (Å²) in [6, 6.07) is -1.57. The van der Waals surface area contributed by atoms with Crippen LogP contribution in [0.2, 0.25) is 0 Å². The van der Waals surface area contributed by atoms with Gasteiger partial charge in [0.05, 0.1) is 13.2 Å². The molecule has 0 aromatic rings. The molecule has 0 spiro atoms. The lowest BCUT2D eigenvalue weighted by atomic mass is 10.0. The smallest absolute Gasteiger partial charge is 0.472 e. The topological polar surface area (TPSA) is 169 Å². The second-order valence-electron chi connectivity index (χ2n) is 17.3. The number of amides is 1. The van der Waals surface area contributed by atoms with Gasteiger partial charge >= 0.3 is 19.8 Å². The first-order valence-corrected chi connectivity index (χ1v) is 27.3. The average Bonchev–Trinajstić information content (AvgIpc) is 3.28. The quantitative estimate of drug-likeness (QED) is 0.0199. The van der Waals surface area contributed by atoms with Crippen LogP contribution in [0.1, 0.15) is 226 Å². The molecule has 0 rings (SSSR count). The number of unbranched alkanes of at least 4 members (excludes halogenated alkanes) is 24. The van der Waals surface area contributed by atoms with Crippen LogP contribution in [0.4, 0.5) is 0 Å². The zero-order valence-electron chi connectivity index (χ0n) is 41.0. The van der Waals surface area contributed by atoms with E-state index in [4.69, 9.17) is 13.8 Å². The summed E-state index contributed by atoms with van der Waals surface area (Å²) in [5.41, 5.74) is 0. The molecule has 65 heavy (non-hydrogen) atoms. The molecule has 0 aliphatic heterocycles. The van der Waals surface area contributed by atoms with E-state index in [1.807, 2.05) is 0 Å². The summed E-state index contributed by atoms with van der Waals surface area (Å²) < 4.78 is 26.9. The van der Waals surface area contributed by atoms with Crippen molar-refractivity contribution in [3.8, 4) is 0 Å². The fourth-order valence-electron chi connectivity index (χ4n) is 7.11. The van der Waals surface area contributed by atoms with Gasteiger partial charge in [-0.05, 0) is 57.8 Å². The number of aliphatic hydroxyl groups excluding tert-OH is 1. The predicted octanol–water partition coefficient (Wildman–Crippen LogP) is 14.3. The van der Waals surface area contributed by atoms with Crippen molar-refractivity contribution in [1.29, 1.82) is 0 Å². The Balaban J connectivity index is 3.85. The summed E-state index contributed by atoms with van der Waals surface area (Å²) in [7, 11) is -4.77. The highest BCUT2D eigenvalue weighted by atomic mass is 31.2. The third-order valence-electron chi connectivity index (χ3n) is 11.1. The number of aliphatic carboxylic acids is 1. The number of phosphoric acid groups is 1. The Bertz CT molecular complexity index is 1330. The Kier molecular flexibility index (Phi) is 45.6. The fourth-order valence-corrected chi connectivity index (χ4v) is 7.88. The van der Waals surface area contributed by atoms with E-state index in [1.165, 1.54) is 116 Å². The number of carbonyl (C=O) groups is 3. The van der Waals surface area contributed by atoms with Crippen LogP contribution in [0.5, 0.6) is 0 Å². The third kappa shape index (κ3) is 47.5. The van der Waals surface area contributed by atoms with Crippen molar-refractivity contribution in [2.24, 2.45) is 0 Å². The standard InChI is InChI=1S/C53H94NO10P/c1-3-5-7-9-11-13-15-17-19-21-23-24-25-27-29-31-33-35-37-39-41-43-45-52(57)62-46-49(55)47-63-65(60,61)64-48-50(53(58)59)54-51(56)44-42-40-38-36-34-32-30-28-26-22-20-18-16-14-12-10-8-6-4-2/h6,8,12,14,18,20,26,28,32,34,49-50,55H,3-5,7,9-11,13,15-17,19,21-25,27,29-31,33,35-48H2,1-2H3,(H,54,56)(H,58,59)(H,60,61)/b8-6-,14-12-,20-18-,28-26-,34-32-. The zero-order valence-corrected chi connectivity index (χ0v) is 41.9. The highest BCUT2D eigenvalue weighted by Gasteiger charge is 2.28. The van der Waals surface area contributed by atoms with Crippen molar-refractivity contribution >= 4 is 25.7 Å². The monoisotopic (exact) mass is 936 g/mol. The first-order chi connectivity index (χ1) is 31.6. The third-order valence-corrected chi connectivity index (χ3v) is 12.0. The number of phosphoric ester groups is 1. The Morgan fingerprint density at radius 3 is 1.34 bits per heavy atom. The molecule has 3 atom stereocenters. The van der Waals surface area contributed by atoms with Crippen LogP contribution in [-0.2, 0) is 32.7 Å². The van der Waals surface area contributed by atoms with Gasteiger partial charge in [0.2, 0.25) is 5.91 Å². The maximum absolute atomic E-state index is 12.3. The molecular formula is C53H94NO10P. The second-order valence-corrected chi connectivity index (χ2v) is 18.8. The number of rotatable bonds is 48. The van der Waals surface area contributed by atoms with Crippen LogP contribution in [0, 0.1) is 0 Å². The van der Waals surface area contributed by atoms with Crippen LogP contribution in [0.15, 0.2) is 60.8 Å². The molecule has 0 saturated heterocycles. The van der Waals surface area contributed by atoms with Gasteiger partial charge in [0.1, 0.15) is 12.7 Å². The van der Waals surface area contributed by atoms with E-state index in [0.717, 1.165) is 70.6 Å². The van der Waals surface area contributed by atoms with Crippen molar-refractivity contribution in [1.82, 2.24) is 5.32 Å². The summed E-state index contributed by atoms with van der Waals surface area (Å²) in [5.74, 6) is -2.41. The summed E-state index contributed by atoms with van der Waals surface area (Å²) in [6.07, 6.45) is 56.8. The van der Waals surface area contributed by atoms with Crippen LogP contribution in [-0.4, -0.2) is 64.9 Å². The first kappa shape index (κ1) is 62.2. The van der Waals surface area contributed by atoms with Crippen LogP contribution >= 0.6 is 7.82 Å². The lowest BCUT2D eigenvalue weighted by molar-refractivity contribution is -0.147. The number of carboxylic acids is 1. The molecule has 0 radical (unpaired) electrons. The molecule has 0 aromatic heterocycles. The summed E-state index contributed by atoms with van der Waals surface area (Å²) in [4.78, 5) is 46.1. The molecule has 376 valence electrons. The van der Waals surface area contributed by atoms with Crippen LogP contribution in [0.3, 0.4) is 0 Å². The van der Waals surface area contributed by atoms with Gasteiger partial charge in [-0.1, -0.05) is 216 Å². The molecule has 3 unspecified atom stereocenters. The number of allylic oxidation sites excluding steroid dienone is 10. The Hall–Kier alpha value is -2.82. The van der Waals surface area contributed by atoms with Crippen molar-refractivity contribution in [2.75, 3.05) is 19.8 Å². The summed E-state index contributed by atoms with van der Waals surface area (Å²) >= 11 is 0. The van der Waals surface area contributed by atoms with Crippen molar-refractivity contribution < 1.29 is 47.8 Å². The molecule has 0 aromatic carbocycles.